The first-order valence-electron chi connectivity index (χ1n) is 0.583. The van der Waals surface area contributed by atoms with Gasteiger partial charge in [0.15, 0.2) is 0 Å². The van der Waals surface area contributed by atoms with Gasteiger partial charge in [-0.2, -0.15) is 5.28 Å². The maximum atomic E-state index is 8.51. The van der Waals surface area contributed by atoms with E-state index in [9.17, 15) is 0 Å². The molecule has 0 aromatic heterocycles. The maximum absolute atomic E-state index is 8.51. The Morgan fingerprint density at radius 2 is 1.80 bits per heavy atom. The van der Waals surface area contributed by atoms with Gasteiger partial charge in [0, 0.05) is 5.28 Å². The van der Waals surface area contributed by atoms with E-state index in [0.29, 0.717) is 0 Å². The quantitative estimate of drug-likeness (QED) is 0.205. The molecule has 0 amide bonds. The second-order valence-corrected chi connectivity index (χ2v) is 0.171. The molecule has 4 nitrogen and oxygen atoms in total. The van der Waals surface area contributed by atoms with Crippen LogP contribution in [0.15, 0.2) is 10.6 Å². The summed E-state index contributed by atoms with van der Waals surface area (Å²) in [5, 5.41) is 19.0. The molecule has 0 saturated heterocycles. The van der Waals surface area contributed by atoms with E-state index < -0.39 is 0 Å². The molecule has 0 aliphatic heterocycles. The van der Waals surface area contributed by atoms with Crippen LogP contribution in [0.3, 0.4) is 0 Å². The minimum atomic E-state index is 0. The number of hydrogen-bond donors (Lipinski definition) is 1. The minimum Gasteiger partial charge on any atom is -0.773 e. The molecule has 0 saturated carbocycles. The predicted molar refractivity (Wildman–Crippen MR) is 10.0 cm³/mol. The molecule has 0 spiro atoms. The standard InChI is InChI=1S/K.H2N2O2/c;3-1-2-4/h;(H,1,4)(H,2,3)/q+1;/p-1. The van der Waals surface area contributed by atoms with Crippen LogP contribution in [0.1, 0.15) is 0 Å². The van der Waals surface area contributed by atoms with Crippen molar-refractivity contribution in [2.24, 2.45) is 10.6 Å². The average molecular weight is 100 g/mol. The Kier molecular flexibility index (Phi) is 16.4. The zero-order chi connectivity index (χ0) is 3.41. The molecule has 0 bridgehead atoms. The summed E-state index contributed by atoms with van der Waals surface area (Å²) in [6, 6.07) is 0. The first kappa shape index (κ1) is 9.28. The van der Waals surface area contributed by atoms with E-state index in [1.54, 1.807) is 10.6 Å². The average Bonchev–Trinajstić information content (AvgIpc) is 1.37. The Morgan fingerprint density at radius 3 is 1.80 bits per heavy atom. The van der Waals surface area contributed by atoms with E-state index in [4.69, 9.17) is 10.4 Å². The molecule has 0 aromatic carbocycles. The molecule has 0 fully saturated rings. The van der Waals surface area contributed by atoms with Gasteiger partial charge in [0.1, 0.15) is 0 Å². The second kappa shape index (κ2) is 8.85. The van der Waals surface area contributed by atoms with Gasteiger partial charge in [-0.1, -0.05) is 0 Å². The topological polar surface area (TPSA) is 68.0 Å². The van der Waals surface area contributed by atoms with Crippen molar-refractivity contribution < 1.29 is 56.6 Å². The van der Waals surface area contributed by atoms with E-state index in [2.05, 4.69) is 0 Å². The Labute approximate surface area is 71.2 Å². The molecular formula is HKN2O2. The van der Waals surface area contributed by atoms with Gasteiger partial charge in [0.2, 0.25) is 0 Å². The van der Waals surface area contributed by atoms with Crippen LogP contribution in [0, 0.1) is 5.21 Å². The second-order valence-electron chi connectivity index (χ2n) is 0.171. The van der Waals surface area contributed by atoms with Crippen LogP contribution in [0.4, 0.5) is 0 Å². The molecule has 24 valence electrons. The van der Waals surface area contributed by atoms with Crippen molar-refractivity contribution in [2.75, 3.05) is 0 Å². The Bertz CT molecular complexity index is 22.8. The van der Waals surface area contributed by atoms with Crippen LogP contribution in [-0.4, -0.2) is 5.21 Å². The van der Waals surface area contributed by atoms with Crippen LogP contribution in [-0.2, 0) is 0 Å². The van der Waals surface area contributed by atoms with Crippen LogP contribution < -0.4 is 51.4 Å². The predicted octanol–water partition coefficient (Wildman–Crippen LogP) is -2.67. The number of hydrogen-bond acceptors (Lipinski definition) is 3. The first-order valence-corrected chi connectivity index (χ1v) is 0.583. The van der Waals surface area contributed by atoms with E-state index in [-0.39, 0.29) is 51.4 Å². The molecule has 0 rings (SSSR count). The third-order valence-corrected chi connectivity index (χ3v) is 0.0365. The fourth-order valence-corrected chi connectivity index (χ4v) is 0. The summed E-state index contributed by atoms with van der Waals surface area (Å²) in [5.41, 5.74) is 0. The van der Waals surface area contributed by atoms with Gasteiger partial charge < -0.3 is 10.4 Å². The summed E-state index contributed by atoms with van der Waals surface area (Å²) in [5.74, 6) is 0. The summed E-state index contributed by atoms with van der Waals surface area (Å²) in [4.78, 5) is 0. The molecule has 0 aromatic rings. The summed E-state index contributed by atoms with van der Waals surface area (Å²) >= 11 is 0. The fourth-order valence-electron chi connectivity index (χ4n) is 0. The third-order valence-electron chi connectivity index (χ3n) is 0.0365. The van der Waals surface area contributed by atoms with Crippen LogP contribution >= 0.6 is 0 Å². The Morgan fingerprint density at radius 1 is 1.60 bits per heavy atom. The van der Waals surface area contributed by atoms with E-state index in [1.165, 1.54) is 0 Å². The summed E-state index contributed by atoms with van der Waals surface area (Å²) < 4.78 is 0. The zero-order valence-electron chi connectivity index (χ0n) is 2.75. The van der Waals surface area contributed by atoms with Crippen molar-refractivity contribution >= 4 is 0 Å². The molecule has 0 atom stereocenters. The van der Waals surface area contributed by atoms with Gasteiger partial charge in [-0.15, -0.1) is 0 Å². The molecule has 5 heavy (non-hydrogen) atoms. The SMILES string of the molecule is [K+].[O-]N=NO. The van der Waals surface area contributed by atoms with Crippen LogP contribution in [0.5, 0.6) is 0 Å². The summed E-state index contributed by atoms with van der Waals surface area (Å²) in [7, 11) is 0. The van der Waals surface area contributed by atoms with Gasteiger partial charge >= 0.3 is 51.4 Å². The van der Waals surface area contributed by atoms with Gasteiger partial charge in [0.25, 0.3) is 0 Å². The van der Waals surface area contributed by atoms with Gasteiger partial charge in [0.05, 0.1) is 0 Å². The van der Waals surface area contributed by atoms with Gasteiger partial charge in [-0.25, -0.2) is 0 Å². The normalized spacial score (nSPS) is 7.20. The van der Waals surface area contributed by atoms with Crippen molar-refractivity contribution in [3.05, 3.63) is 5.21 Å². The minimum absolute atomic E-state index is 0. The smallest absolute Gasteiger partial charge is 0.773 e. The van der Waals surface area contributed by atoms with Crippen LogP contribution in [0.2, 0.25) is 0 Å². The van der Waals surface area contributed by atoms with E-state index >= 15 is 0 Å². The molecule has 0 radical (unpaired) electrons. The van der Waals surface area contributed by atoms with Crippen molar-refractivity contribution in [3.63, 3.8) is 0 Å². The third kappa shape index (κ3) is 11.5. The molecule has 0 heterocycles. The van der Waals surface area contributed by atoms with Crippen molar-refractivity contribution in [2.45, 2.75) is 0 Å². The van der Waals surface area contributed by atoms with Gasteiger partial charge in [-0.05, 0) is 0 Å². The molecule has 5 heteroatoms. The summed E-state index contributed by atoms with van der Waals surface area (Å²) in [6.45, 7) is 0. The van der Waals surface area contributed by atoms with Crippen molar-refractivity contribution in [1.29, 1.82) is 0 Å². The monoisotopic (exact) mass is 100.0 g/mol. The number of nitrogens with zero attached hydrogens (tertiary/aromatic N) is 2. The molecule has 0 unspecified atom stereocenters. The molecule has 0 aliphatic carbocycles. The first-order chi connectivity index (χ1) is 1.91. The molecule has 1 N–H and O–H groups in total. The van der Waals surface area contributed by atoms with Crippen molar-refractivity contribution in [3.8, 4) is 0 Å². The molecular weight excluding hydrogens is 99.1 g/mol. The maximum Gasteiger partial charge on any atom is 1.00 e. The van der Waals surface area contributed by atoms with Crippen LogP contribution in [0.25, 0.3) is 0 Å². The zero-order valence-corrected chi connectivity index (χ0v) is 5.87. The van der Waals surface area contributed by atoms with Crippen molar-refractivity contribution in [1.82, 2.24) is 0 Å². The Balaban J connectivity index is 0. The largest absolute Gasteiger partial charge is 1.00 e. The van der Waals surface area contributed by atoms with Gasteiger partial charge in [-0.3, -0.25) is 0 Å². The van der Waals surface area contributed by atoms with E-state index in [0.717, 1.165) is 0 Å². The van der Waals surface area contributed by atoms with E-state index in [1.807, 2.05) is 0 Å². The molecule has 0 aliphatic rings. The fraction of sp³-hybridized carbons (Fsp3) is 0. The summed E-state index contributed by atoms with van der Waals surface area (Å²) in [6.07, 6.45) is 0. The Hall–Kier alpha value is 0.836. The number of rotatable bonds is 0.